The summed E-state index contributed by atoms with van der Waals surface area (Å²) in [5.41, 5.74) is 4.53. The normalized spacial score (nSPS) is 14.9. The van der Waals surface area contributed by atoms with Crippen molar-refractivity contribution in [2.75, 3.05) is 13.1 Å². The Hall–Kier alpha value is -3.39. The molecule has 0 radical (unpaired) electrons. The first-order valence-electron chi connectivity index (χ1n) is 10.7. The second kappa shape index (κ2) is 9.62. The highest BCUT2D eigenvalue weighted by Gasteiger charge is 2.41. The number of nitrogens with zero attached hydrogens (tertiary/aromatic N) is 1. The van der Waals surface area contributed by atoms with E-state index in [0.717, 1.165) is 29.2 Å². The van der Waals surface area contributed by atoms with Crippen LogP contribution in [0.25, 0.3) is 10.8 Å². The number of halogens is 3. The summed E-state index contributed by atoms with van der Waals surface area (Å²) < 4.78 is 36.6. The minimum absolute atomic E-state index is 0.0229. The zero-order valence-corrected chi connectivity index (χ0v) is 17.8. The van der Waals surface area contributed by atoms with E-state index in [4.69, 9.17) is 0 Å². The summed E-state index contributed by atoms with van der Waals surface area (Å²) >= 11 is 0. The van der Waals surface area contributed by atoms with Gasteiger partial charge in [0.05, 0.1) is 6.54 Å². The number of alkyl halides is 3. The number of amides is 1. The SMILES string of the molecule is O=C(c1cccc2ccccc12)N1CCC(c2cccc(CNOC(=O)C(F)(F)F)c2)CC1. The van der Waals surface area contributed by atoms with Crippen LogP contribution in [0, 0.1) is 0 Å². The monoisotopic (exact) mass is 456 g/mol. The van der Waals surface area contributed by atoms with Crippen LogP contribution in [0.4, 0.5) is 13.2 Å². The van der Waals surface area contributed by atoms with Crippen LogP contribution in [-0.4, -0.2) is 36.0 Å². The van der Waals surface area contributed by atoms with E-state index in [1.807, 2.05) is 65.6 Å². The van der Waals surface area contributed by atoms with Crippen LogP contribution in [0.5, 0.6) is 0 Å². The number of rotatable bonds is 5. The Morgan fingerprint density at radius 3 is 2.42 bits per heavy atom. The van der Waals surface area contributed by atoms with Gasteiger partial charge in [0.25, 0.3) is 5.91 Å². The fraction of sp³-hybridized carbons (Fsp3) is 0.280. The van der Waals surface area contributed by atoms with Gasteiger partial charge in [0.1, 0.15) is 0 Å². The smallest absolute Gasteiger partial charge is 0.363 e. The molecule has 1 heterocycles. The molecule has 172 valence electrons. The number of hydrogen-bond acceptors (Lipinski definition) is 4. The zero-order chi connectivity index (χ0) is 23.4. The van der Waals surface area contributed by atoms with E-state index in [1.165, 1.54) is 0 Å². The van der Waals surface area contributed by atoms with Gasteiger partial charge in [-0.3, -0.25) is 4.79 Å². The molecule has 1 N–H and O–H groups in total. The van der Waals surface area contributed by atoms with Crippen molar-refractivity contribution in [2.24, 2.45) is 0 Å². The molecule has 33 heavy (non-hydrogen) atoms. The third-order valence-corrected chi connectivity index (χ3v) is 5.90. The molecule has 8 heteroatoms. The zero-order valence-electron chi connectivity index (χ0n) is 17.8. The lowest BCUT2D eigenvalue weighted by molar-refractivity contribution is -0.207. The molecule has 0 unspecified atom stereocenters. The van der Waals surface area contributed by atoms with Crippen molar-refractivity contribution in [1.82, 2.24) is 10.4 Å². The summed E-state index contributed by atoms with van der Waals surface area (Å²) in [5, 5.41) is 1.98. The number of carbonyl (C=O) groups excluding carboxylic acids is 2. The molecule has 0 aromatic heterocycles. The quantitative estimate of drug-likeness (QED) is 0.551. The van der Waals surface area contributed by atoms with Gasteiger partial charge in [-0.25, -0.2) is 4.79 Å². The van der Waals surface area contributed by atoms with E-state index in [9.17, 15) is 22.8 Å². The number of nitrogens with one attached hydrogen (secondary N) is 1. The van der Waals surface area contributed by atoms with Crippen molar-refractivity contribution in [3.63, 3.8) is 0 Å². The van der Waals surface area contributed by atoms with Crippen molar-refractivity contribution >= 4 is 22.6 Å². The molecule has 1 amide bonds. The highest BCUT2D eigenvalue weighted by molar-refractivity contribution is 6.07. The van der Waals surface area contributed by atoms with E-state index < -0.39 is 12.1 Å². The Morgan fingerprint density at radius 2 is 1.67 bits per heavy atom. The summed E-state index contributed by atoms with van der Waals surface area (Å²) in [6.45, 7) is 1.21. The predicted molar refractivity (Wildman–Crippen MR) is 117 cm³/mol. The number of hydrogen-bond donors (Lipinski definition) is 1. The summed E-state index contributed by atoms with van der Waals surface area (Å²) in [6, 6.07) is 21.0. The first-order valence-corrected chi connectivity index (χ1v) is 10.7. The Balaban J connectivity index is 1.35. The summed E-state index contributed by atoms with van der Waals surface area (Å²) in [6.07, 6.45) is -3.46. The number of hydroxylamine groups is 1. The van der Waals surface area contributed by atoms with E-state index >= 15 is 0 Å². The van der Waals surface area contributed by atoms with Crippen molar-refractivity contribution in [1.29, 1.82) is 0 Å². The third-order valence-electron chi connectivity index (χ3n) is 5.90. The van der Waals surface area contributed by atoms with Crippen LogP contribution >= 0.6 is 0 Å². The molecule has 3 aromatic carbocycles. The highest BCUT2D eigenvalue weighted by Crippen LogP contribution is 2.30. The molecule has 1 saturated heterocycles. The van der Waals surface area contributed by atoms with Crippen LogP contribution in [-0.2, 0) is 16.2 Å². The van der Waals surface area contributed by atoms with Gasteiger partial charge in [-0.2, -0.15) is 13.2 Å². The third kappa shape index (κ3) is 5.34. The molecule has 0 atom stereocenters. The summed E-state index contributed by atoms with van der Waals surface area (Å²) in [7, 11) is 0. The second-order valence-corrected chi connectivity index (χ2v) is 8.05. The van der Waals surface area contributed by atoms with E-state index in [1.54, 1.807) is 6.07 Å². The Morgan fingerprint density at radius 1 is 0.970 bits per heavy atom. The standard InChI is InChI=1S/C25H23F3N2O3/c26-25(27,28)24(32)33-29-16-17-5-3-8-20(15-17)18-11-13-30(14-12-18)23(31)22-10-4-7-19-6-1-2-9-21(19)22/h1-10,15,18,29H,11-14,16H2. The number of carbonyl (C=O) groups is 2. The Labute approximate surface area is 189 Å². The highest BCUT2D eigenvalue weighted by atomic mass is 19.4. The van der Waals surface area contributed by atoms with Gasteiger partial charge in [-0.05, 0) is 46.7 Å². The maximum absolute atomic E-state index is 13.2. The first kappa shape index (κ1) is 22.8. The van der Waals surface area contributed by atoms with E-state index in [0.29, 0.717) is 24.2 Å². The predicted octanol–water partition coefficient (Wildman–Crippen LogP) is 4.97. The summed E-state index contributed by atoms with van der Waals surface area (Å²) in [4.78, 5) is 29.9. The lowest BCUT2D eigenvalue weighted by Crippen LogP contribution is -2.38. The van der Waals surface area contributed by atoms with E-state index in [-0.39, 0.29) is 18.4 Å². The molecule has 0 bridgehead atoms. The number of fused-ring (bicyclic) bond motifs is 1. The van der Waals surface area contributed by atoms with Crippen LogP contribution < -0.4 is 5.48 Å². The van der Waals surface area contributed by atoms with Gasteiger partial charge in [0, 0.05) is 18.7 Å². The fourth-order valence-electron chi connectivity index (χ4n) is 4.20. The maximum Gasteiger partial charge on any atom is 0.492 e. The molecular weight excluding hydrogens is 433 g/mol. The number of likely N-dealkylation sites (tertiary alicyclic amines) is 1. The molecule has 3 aromatic rings. The largest absolute Gasteiger partial charge is 0.492 e. The minimum atomic E-state index is -5.04. The average Bonchev–Trinajstić information content (AvgIpc) is 2.83. The molecule has 0 spiro atoms. The molecule has 1 fully saturated rings. The Bertz CT molecular complexity index is 1150. The van der Waals surface area contributed by atoms with Crippen LogP contribution in [0.3, 0.4) is 0 Å². The van der Waals surface area contributed by atoms with Gasteiger partial charge >= 0.3 is 12.1 Å². The molecular formula is C25H23F3N2O3. The maximum atomic E-state index is 13.2. The second-order valence-electron chi connectivity index (χ2n) is 8.05. The molecule has 1 aliphatic heterocycles. The van der Waals surface area contributed by atoms with Crippen molar-refractivity contribution < 1.29 is 27.6 Å². The van der Waals surface area contributed by atoms with Crippen molar-refractivity contribution in [3.8, 4) is 0 Å². The van der Waals surface area contributed by atoms with Gasteiger partial charge in [0.15, 0.2) is 0 Å². The number of benzene rings is 3. The van der Waals surface area contributed by atoms with E-state index in [2.05, 4.69) is 10.3 Å². The average molecular weight is 456 g/mol. The molecule has 5 nitrogen and oxygen atoms in total. The Kier molecular flexibility index (Phi) is 6.65. The van der Waals surface area contributed by atoms with Crippen molar-refractivity contribution in [3.05, 3.63) is 83.4 Å². The molecule has 4 rings (SSSR count). The first-order chi connectivity index (χ1) is 15.8. The molecule has 0 aliphatic carbocycles. The van der Waals surface area contributed by atoms with Gasteiger partial charge in [0.2, 0.25) is 0 Å². The minimum Gasteiger partial charge on any atom is -0.363 e. The van der Waals surface area contributed by atoms with Crippen LogP contribution in [0.15, 0.2) is 66.7 Å². The van der Waals surface area contributed by atoms with Gasteiger partial charge < -0.3 is 9.74 Å². The number of piperidine rings is 1. The lowest BCUT2D eigenvalue weighted by Gasteiger charge is -2.32. The lowest BCUT2D eigenvalue weighted by atomic mass is 9.88. The molecule has 0 saturated carbocycles. The fourth-order valence-corrected chi connectivity index (χ4v) is 4.20. The van der Waals surface area contributed by atoms with Crippen molar-refractivity contribution in [2.45, 2.75) is 31.5 Å². The van der Waals surface area contributed by atoms with Crippen LogP contribution in [0.1, 0.15) is 40.2 Å². The van der Waals surface area contributed by atoms with Gasteiger partial charge in [-0.1, -0.05) is 60.7 Å². The molecule has 1 aliphatic rings. The topological polar surface area (TPSA) is 58.6 Å². The van der Waals surface area contributed by atoms with Crippen LogP contribution in [0.2, 0.25) is 0 Å². The summed E-state index contributed by atoms with van der Waals surface area (Å²) in [5.74, 6) is -2.02. The van der Waals surface area contributed by atoms with Gasteiger partial charge in [-0.15, -0.1) is 5.48 Å².